The SMILES string of the molecule is CC(C)(F)CNC(=O)CN1CCC(CNC(=O)c2cc(F)cc(C(F)(F)F)c2)CC1. The maximum Gasteiger partial charge on any atom is 0.416 e. The first-order valence-corrected chi connectivity index (χ1v) is 9.67. The number of alkyl halides is 4. The van der Waals surface area contributed by atoms with Crippen LogP contribution in [-0.4, -0.2) is 55.1 Å². The molecule has 1 saturated heterocycles. The Kier molecular flexibility index (Phi) is 7.79. The van der Waals surface area contributed by atoms with Gasteiger partial charge >= 0.3 is 6.18 Å². The highest BCUT2D eigenvalue weighted by Gasteiger charge is 2.32. The van der Waals surface area contributed by atoms with Crippen LogP contribution in [0.25, 0.3) is 0 Å². The van der Waals surface area contributed by atoms with Gasteiger partial charge in [0.1, 0.15) is 11.5 Å². The normalized spacial score (nSPS) is 16.4. The number of nitrogens with one attached hydrogen (secondary N) is 2. The second-order valence-electron chi connectivity index (χ2n) is 8.15. The molecule has 168 valence electrons. The lowest BCUT2D eigenvalue weighted by Gasteiger charge is -2.31. The lowest BCUT2D eigenvalue weighted by atomic mass is 9.96. The van der Waals surface area contributed by atoms with Crippen LogP contribution in [0.15, 0.2) is 18.2 Å². The molecule has 0 atom stereocenters. The predicted octanol–water partition coefficient (Wildman–Crippen LogP) is 3.15. The van der Waals surface area contributed by atoms with Crippen molar-refractivity contribution in [2.75, 3.05) is 32.7 Å². The monoisotopic (exact) mass is 435 g/mol. The lowest BCUT2D eigenvalue weighted by Crippen LogP contribution is -2.45. The molecule has 1 heterocycles. The van der Waals surface area contributed by atoms with E-state index in [1.165, 1.54) is 13.8 Å². The topological polar surface area (TPSA) is 61.4 Å². The van der Waals surface area contributed by atoms with Crippen LogP contribution >= 0.6 is 0 Å². The van der Waals surface area contributed by atoms with Gasteiger partial charge in [-0.05, 0) is 63.9 Å². The van der Waals surface area contributed by atoms with E-state index in [9.17, 15) is 31.5 Å². The number of likely N-dealkylation sites (tertiary alicyclic amines) is 1. The van der Waals surface area contributed by atoms with Gasteiger partial charge in [-0.1, -0.05) is 0 Å². The number of nitrogens with zero attached hydrogens (tertiary/aromatic N) is 1. The zero-order valence-electron chi connectivity index (χ0n) is 16.9. The fourth-order valence-corrected chi connectivity index (χ4v) is 3.14. The molecule has 1 aliphatic heterocycles. The minimum atomic E-state index is -4.74. The van der Waals surface area contributed by atoms with Gasteiger partial charge in [0.15, 0.2) is 0 Å². The number of hydrogen-bond donors (Lipinski definition) is 2. The summed E-state index contributed by atoms with van der Waals surface area (Å²) in [6.45, 7) is 4.29. The highest BCUT2D eigenvalue weighted by atomic mass is 19.4. The summed E-state index contributed by atoms with van der Waals surface area (Å²) in [6.07, 6.45) is -3.38. The van der Waals surface area contributed by atoms with E-state index in [4.69, 9.17) is 0 Å². The smallest absolute Gasteiger partial charge is 0.352 e. The van der Waals surface area contributed by atoms with Gasteiger partial charge in [0.25, 0.3) is 5.91 Å². The van der Waals surface area contributed by atoms with Crippen molar-refractivity contribution in [1.29, 1.82) is 0 Å². The van der Waals surface area contributed by atoms with Gasteiger partial charge in [-0.15, -0.1) is 0 Å². The Morgan fingerprint density at radius 2 is 1.70 bits per heavy atom. The Morgan fingerprint density at radius 3 is 2.27 bits per heavy atom. The first-order valence-electron chi connectivity index (χ1n) is 9.67. The molecule has 0 aromatic heterocycles. The second kappa shape index (κ2) is 9.72. The molecule has 0 bridgehead atoms. The zero-order valence-corrected chi connectivity index (χ0v) is 16.9. The van der Waals surface area contributed by atoms with E-state index in [-0.39, 0.29) is 37.0 Å². The summed E-state index contributed by atoms with van der Waals surface area (Å²) >= 11 is 0. The van der Waals surface area contributed by atoms with E-state index in [1.807, 2.05) is 4.90 Å². The number of piperidine rings is 1. The first-order chi connectivity index (χ1) is 13.8. The van der Waals surface area contributed by atoms with Crippen molar-refractivity contribution in [2.45, 2.75) is 38.5 Å². The Hall–Kier alpha value is -2.23. The van der Waals surface area contributed by atoms with Crippen LogP contribution in [0.2, 0.25) is 0 Å². The zero-order chi connectivity index (χ0) is 22.5. The van der Waals surface area contributed by atoms with Crippen LogP contribution in [0.3, 0.4) is 0 Å². The molecule has 0 spiro atoms. The molecule has 10 heteroatoms. The lowest BCUT2D eigenvalue weighted by molar-refractivity contribution is -0.137. The van der Waals surface area contributed by atoms with Crippen molar-refractivity contribution in [2.24, 2.45) is 5.92 Å². The number of hydrogen-bond acceptors (Lipinski definition) is 3. The van der Waals surface area contributed by atoms with E-state index in [0.29, 0.717) is 38.1 Å². The van der Waals surface area contributed by atoms with Gasteiger partial charge < -0.3 is 10.6 Å². The molecule has 5 nitrogen and oxygen atoms in total. The molecule has 0 aliphatic carbocycles. The summed E-state index contributed by atoms with van der Waals surface area (Å²) in [4.78, 5) is 25.9. The molecule has 0 saturated carbocycles. The predicted molar refractivity (Wildman–Crippen MR) is 101 cm³/mol. The largest absolute Gasteiger partial charge is 0.416 e. The van der Waals surface area contributed by atoms with Crippen molar-refractivity contribution in [3.05, 3.63) is 35.1 Å². The van der Waals surface area contributed by atoms with Crippen molar-refractivity contribution >= 4 is 11.8 Å². The Balaban J connectivity index is 1.78. The molecule has 2 N–H and O–H groups in total. The number of carbonyl (C=O) groups is 2. The number of benzene rings is 1. The average Bonchev–Trinajstić information content (AvgIpc) is 2.64. The Morgan fingerprint density at radius 1 is 1.07 bits per heavy atom. The Labute approximate surface area is 172 Å². The molecule has 0 radical (unpaired) electrons. The minimum absolute atomic E-state index is 0.0650. The molecule has 2 amide bonds. The second-order valence-corrected chi connectivity index (χ2v) is 8.15. The van der Waals surface area contributed by atoms with Crippen LogP contribution in [0.4, 0.5) is 22.0 Å². The van der Waals surface area contributed by atoms with Crippen LogP contribution in [0, 0.1) is 11.7 Å². The maximum absolute atomic E-state index is 13.4. The minimum Gasteiger partial charge on any atom is -0.352 e. The summed E-state index contributed by atoms with van der Waals surface area (Å²) in [5.74, 6) is -2.07. The third kappa shape index (κ3) is 7.89. The van der Waals surface area contributed by atoms with Gasteiger partial charge in [-0.3, -0.25) is 14.5 Å². The van der Waals surface area contributed by atoms with E-state index >= 15 is 0 Å². The number of rotatable bonds is 7. The van der Waals surface area contributed by atoms with Crippen molar-refractivity contribution < 1.29 is 31.5 Å². The van der Waals surface area contributed by atoms with E-state index in [0.717, 1.165) is 6.07 Å². The van der Waals surface area contributed by atoms with Crippen molar-refractivity contribution in [3.63, 3.8) is 0 Å². The van der Waals surface area contributed by atoms with Crippen molar-refractivity contribution in [3.8, 4) is 0 Å². The first kappa shape index (κ1) is 24.0. The fourth-order valence-electron chi connectivity index (χ4n) is 3.14. The number of carbonyl (C=O) groups excluding carboxylic acids is 2. The summed E-state index contributed by atoms with van der Waals surface area (Å²) < 4.78 is 65.2. The molecule has 30 heavy (non-hydrogen) atoms. The van der Waals surface area contributed by atoms with Gasteiger partial charge in [-0.25, -0.2) is 8.78 Å². The molecule has 2 rings (SSSR count). The molecule has 1 aromatic rings. The molecule has 1 aromatic carbocycles. The van der Waals surface area contributed by atoms with E-state index < -0.39 is 29.1 Å². The van der Waals surface area contributed by atoms with Gasteiger partial charge in [0.05, 0.1) is 18.7 Å². The van der Waals surface area contributed by atoms with Gasteiger partial charge in [-0.2, -0.15) is 13.2 Å². The molecular formula is C20H26F5N3O2. The van der Waals surface area contributed by atoms with Crippen LogP contribution in [-0.2, 0) is 11.0 Å². The third-order valence-corrected chi connectivity index (χ3v) is 4.82. The van der Waals surface area contributed by atoms with E-state index in [2.05, 4.69) is 10.6 Å². The number of amides is 2. The third-order valence-electron chi connectivity index (χ3n) is 4.82. The average molecular weight is 435 g/mol. The van der Waals surface area contributed by atoms with Gasteiger partial charge in [0.2, 0.25) is 5.91 Å². The fraction of sp³-hybridized carbons (Fsp3) is 0.600. The van der Waals surface area contributed by atoms with Crippen LogP contribution in [0.1, 0.15) is 42.6 Å². The van der Waals surface area contributed by atoms with Gasteiger partial charge in [0, 0.05) is 12.1 Å². The number of halogens is 5. The molecule has 0 unspecified atom stereocenters. The van der Waals surface area contributed by atoms with E-state index in [1.54, 1.807) is 0 Å². The molecular weight excluding hydrogens is 409 g/mol. The Bertz CT molecular complexity index is 754. The summed E-state index contributed by atoms with van der Waals surface area (Å²) in [6, 6.07) is 1.74. The molecule has 1 aliphatic rings. The summed E-state index contributed by atoms with van der Waals surface area (Å²) in [5.41, 5.74) is -3.08. The maximum atomic E-state index is 13.4. The standard InChI is InChI=1S/C20H26F5N3O2/c1-19(2,22)12-27-17(29)11-28-5-3-13(4-6-28)10-26-18(30)14-7-15(20(23,24)25)9-16(21)8-14/h7-9,13H,3-6,10-12H2,1-2H3,(H,26,30)(H,27,29). The van der Waals surface area contributed by atoms with Crippen molar-refractivity contribution in [1.82, 2.24) is 15.5 Å². The summed E-state index contributed by atoms with van der Waals surface area (Å²) in [7, 11) is 0. The quantitative estimate of drug-likeness (QED) is 0.647. The van der Waals surface area contributed by atoms with Crippen LogP contribution < -0.4 is 10.6 Å². The van der Waals surface area contributed by atoms with Crippen LogP contribution in [0.5, 0.6) is 0 Å². The highest BCUT2D eigenvalue weighted by molar-refractivity contribution is 5.94. The highest BCUT2D eigenvalue weighted by Crippen LogP contribution is 2.30. The molecule has 1 fully saturated rings. The summed E-state index contributed by atoms with van der Waals surface area (Å²) in [5, 5.41) is 5.09.